The summed E-state index contributed by atoms with van der Waals surface area (Å²) in [5.74, 6) is -1.98. The van der Waals surface area contributed by atoms with E-state index in [1.165, 1.54) is 6.92 Å². The summed E-state index contributed by atoms with van der Waals surface area (Å²) in [7, 11) is 0. The maximum Gasteiger partial charge on any atom is 0.303 e. The fourth-order valence-electron chi connectivity index (χ4n) is 1.88. The molecule has 1 N–H and O–H groups in total. The summed E-state index contributed by atoms with van der Waals surface area (Å²) >= 11 is 9.11. The predicted octanol–water partition coefficient (Wildman–Crippen LogP) is 0.460. The molecule has 10 heteroatoms. The van der Waals surface area contributed by atoms with Gasteiger partial charge in [0.15, 0.2) is 22.3 Å². The molecule has 0 aliphatic carbocycles. The van der Waals surface area contributed by atoms with Gasteiger partial charge in [-0.3, -0.25) is 14.4 Å². The highest BCUT2D eigenvalue weighted by Gasteiger charge is 2.58. The first-order chi connectivity index (χ1) is 10.1. The number of alkyl halides is 2. The van der Waals surface area contributed by atoms with Gasteiger partial charge in [-0.1, -0.05) is 27.5 Å². The summed E-state index contributed by atoms with van der Waals surface area (Å²) in [4.78, 5) is 33.4. The molecular weight excluding hydrogens is 387 g/mol. The van der Waals surface area contributed by atoms with E-state index in [2.05, 4.69) is 15.9 Å². The molecule has 0 saturated carbocycles. The molecule has 1 aliphatic heterocycles. The van der Waals surface area contributed by atoms with Crippen LogP contribution in [-0.2, 0) is 33.3 Å². The minimum atomic E-state index is -1.73. The first-order valence-electron chi connectivity index (χ1n) is 6.24. The number of ether oxygens (including phenoxy) is 4. The maximum atomic E-state index is 11.3. The first-order valence-corrected chi connectivity index (χ1v) is 7.42. The Labute approximate surface area is 140 Å². The van der Waals surface area contributed by atoms with Gasteiger partial charge in [0.05, 0.1) is 0 Å². The lowest BCUT2D eigenvalue weighted by Crippen LogP contribution is -2.63. The van der Waals surface area contributed by atoms with E-state index in [0.29, 0.717) is 0 Å². The third-order valence-corrected chi connectivity index (χ3v) is 3.97. The number of carbonyl (C=O) groups is 3. The van der Waals surface area contributed by atoms with Gasteiger partial charge in [-0.05, 0) is 0 Å². The molecule has 126 valence electrons. The molecule has 0 aromatic carbocycles. The maximum absolute atomic E-state index is 11.3. The molecule has 1 aliphatic rings. The van der Waals surface area contributed by atoms with Gasteiger partial charge in [0.2, 0.25) is 0 Å². The Morgan fingerprint density at radius 3 is 2.18 bits per heavy atom. The molecule has 1 fully saturated rings. The third kappa shape index (κ3) is 4.80. The van der Waals surface area contributed by atoms with Crippen LogP contribution in [0.2, 0.25) is 0 Å². The summed E-state index contributed by atoms with van der Waals surface area (Å²) in [6.07, 6.45) is -5.11. The van der Waals surface area contributed by atoms with E-state index in [1.54, 1.807) is 0 Å². The molecule has 0 spiro atoms. The van der Waals surface area contributed by atoms with Gasteiger partial charge in [-0.25, -0.2) is 0 Å². The second kappa shape index (κ2) is 7.58. The third-order valence-electron chi connectivity index (χ3n) is 2.72. The van der Waals surface area contributed by atoms with Crippen LogP contribution in [-0.4, -0.2) is 58.0 Å². The molecule has 0 radical (unpaired) electrons. The summed E-state index contributed by atoms with van der Waals surface area (Å²) in [5, 5.41) is 9.93. The summed E-state index contributed by atoms with van der Waals surface area (Å²) in [6, 6.07) is 0. The lowest BCUT2D eigenvalue weighted by atomic mass is 10.0. The van der Waals surface area contributed by atoms with Crippen molar-refractivity contribution in [1.82, 2.24) is 0 Å². The van der Waals surface area contributed by atoms with Crippen LogP contribution in [0, 0.1) is 0 Å². The van der Waals surface area contributed by atoms with Gasteiger partial charge in [0.1, 0.15) is 12.7 Å². The molecule has 1 rings (SSSR count). The zero-order valence-electron chi connectivity index (χ0n) is 12.1. The lowest BCUT2D eigenvalue weighted by Gasteiger charge is -2.45. The number of aliphatic hydroxyl groups excluding tert-OH is 1. The fraction of sp³-hybridized carbons (Fsp3) is 0.750. The van der Waals surface area contributed by atoms with Crippen LogP contribution in [0.4, 0.5) is 0 Å². The monoisotopic (exact) mass is 402 g/mol. The van der Waals surface area contributed by atoms with E-state index in [4.69, 9.17) is 30.5 Å². The van der Waals surface area contributed by atoms with Crippen LogP contribution in [0.15, 0.2) is 0 Å². The van der Waals surface area contributed by atoms with Crippen molar-refractivity contribution in [3.63, 3.8) is 0 Å². The van der Waals surface area contributed by atoms with Crippen LogP contribution in [0.3, 0.4) is 0 Å². The Balaban J connectivity index is 3.07. The van der Waals surface area contributed by atoms with E-state index in [0.717, 1.165) is 13.8 Å². The van der Waals surface area contributed by atoms with Crippen molar-refractivity contribution >= 4 is 45.4 Å². The number of hydrogen-bond donors (Lipinski definition) is 1. The van der Waals surface area contributed by atoms with Crippen molar-refractivity contribution in [3.8, 4) is 0 Å². The van der Waals surface area contributed by atoms with Gasteiger partial charge in [0.25, 0.3) is 0 Å². The van der Waals surface area contributed by atoms with Crippen LogP contribution in [0.25, 0.3) is 0 Å². The first kappa shape index (κ1) is 19.1. The number of halogens is 2. The molecule has 2 unspecified atom stereocenters. The van der Waals surface area contributed by atoms with E-state index in [-0.39, 0.29) is 6.61 Å². The number of esters is 3. The summed E-state index contributed by atoms with van der Waals surface area (Å²) in [5.41, 5.74) is 0. The predicted molar refractivity (Wildman–Crippen MR) is 76.1 cm³/mol. The Morgan fingerprint density at radius 1 is 1.18 bits per heavy atom. The number of carbonyl (C=O) groups excluding carboxylic acids is 3. The van der Waals surface area contributed by atoms with Crippen LogP contribution in [0.5, 0.6) is 0 Å². The normalized spacial score (nSPS) is 34.6. The molecule has 22 heavy (non-hydrogen) atoms. The van der Waals surface area contributed by atoms with Crippen molar-refractivity contribution in [2.45, 2.75) is 49.2 Å². The smallest absolute Gasteiger partial charge is 0.303 e. The van der Waals surface area contributed by atoms with Gasteiger partial charge in [-0.2, -0.15) is 0 Å². The molecule has 0 bridgehead atoms. The van der Waals surface area contributed by atoms with Gasteiger partial charge in [-0.15, -0.1) is 0 Å². The Bertz CT molecular complexity index is 454. The topological polar surface area (TPSA) is 108 Å². The average molecular weight is 404 g/mol. The van der Waals surface area contributed by atoms with E-state index in [9.17, 15) is 19.5 Å². The zero-order chi connectivity index (χ0) is 17.1. The highest BCUT2D eigenvalue weighted by molar-refractivity contribution is 9.10. The van der Waals surface area contributed by atoms with E-state index >= 15 is 0 Å². The van der Waals surface area contributed by atoms with E-state index < -0.39 is 46.3 Å². The highest BCUT2D eigenvalue weighted by Crippen LogP contribution is 2.42. The summed E-state index contributed by atoms with van der Waals surface area (Å²) < 4.78 is 18.4. The Hall–Kier alpha value is -0.900. The molecule has 0 aromatic heterocycles. The molecule has 1 heterocycles. The van der Waals surface area contributed by atoms with E-state index in [1.807, 2.05) is 0 Å². The molecule has 1 saturated heterocycles. The quantitative estimate of drug-likeness (QED) is 0.410. The highest BCUT2D eigenvalue weighted by atomic mass is 79.9. The molecule has 0 amide bonds. The van der Waals surface area contributed by atoms with Crippen molar-refractivity contribution in [2.75, 3.05) is 6.61 Å². The van der Waals surface area contributed by atoms with Gasteiger partial charge < -0.3 is 24.1 Å². The number of aliphatic hydroxyl groups is 1. The lowest BCUT2D eigenvalue weighted by molar-refractivity contribution is -0.254. The second-order valence-electron chi connectivity index (χ2n) is 4.61. The molecule has 0 aromatic rings. The van der Waals surface area contributed by atoms with Gasteiger partial charge >= 0.3 is 17.9 Å². The van der Waals surface area contributed by atoms with Crippen LogP contribution >= 0.6 is 27.5 Å². The second-order valence-corrected chi connectivity index (χ2v) is 7.00. The molecule has 8 nitrogen and oxygen atoms in total. The standard InChI is InChI=1S/C12H16BrClO8/c1-5(15)19-4-8-9(20-6(2)16)10(21-7(3)17)12(13,14)11(18)22-8/h8-11,18H,4H2,1-3H3/t8-,9-,10+,11?,12?/m1/s1. The number of rotatable bonds is 4. The zero-order valence-corrected chi connectivity index (χ0v) is 14.4. The minimum Gasteiger partial charge on any atom is -0.463 e. The average Bonchev–Trinajstić information content (AvgIpc) is 2.36. The van der Waals surface area contributed by atoms with Crippen molar-refractivity contribution in [1.29, 1.82) is 0 Å². The van der Waals surface area contributed by atoms with Crippen molar-refractivity contribution < 1.29 is 38.4 Å². The van der Waals surface area contributed by atoms with Crippen LogP contribution < -0.4 is 0 Å². The Kier molecular flexibility index (Phi) is 6.60. The molecular formula is C12H16BrClO8. The van der Waals surface area contributed by atoms with Crippen LogP contribution in [0.1, 0.15) is 20.8 Å². The fourth-order valence-corrected chi connectivity index (χ4v) is 2.56. The van der Waals surface area contributed by atoms with Crippen molar-refractivity contribution in [3.05, 3.63) is 0 Å². The Morgan fingerprint density at radius 2 is 1.73 bits per heavy atom. The molecule has 5 atom stereocenters. The van der Waals surface area contributed by atoms with Gasteiger partial charge in [0, 0.05) is 20.8 Å². The van der Waals surface area contributed by atoms with Crippen molar-refractivity contribution in [2.24, 2.45) is 0 Å². The minimum absolute atomic E-state index is 0.317. The SMILES string of the molecule is CC(=O)OC[C@H]1OC(O)C(Cl)(Br)[C@@H](OC(C)=O)[C@@H]1OC(C)=O. The summed E-state index contributed by atoms with van der Waals surface area (Å²) in [6.45, 7) is 3.14. The number of hydrogen-bond acceptors (Lipinski definition) is 8. The largest absolute Gasteiger partial charge is 0.463 e.